The Balaban J connectivity index is 1.50. The summed E-state index contributed by atoms with van der Waals surface area (Å²) >= 11 is 5.98. The molecule has 260 valence electrons. The van der Waals surface area contributed by atoms with Gasteiger partial charge in [0, 0.05) is 25.4 Å². The van der Waals surface area contributed by atoms with Crippen molar-refractivity contribution in [2.75, 3.05) is 35.4 Å². The lowest BCUT2D eigenvalue weighted by Gasteiger charge is -2.23. The van der Waals surface area contributed by atoms with Crippen LogP contribution in [0.1, 0.15) is 17.8 Å². The number of hydrogen-bond acceptors (Lipinski definition) is 8. The average Bonchev–Trinajstić information content (AvgIpc) is 3.38. The first-order valence-electron chi connectivity index (χ1n) is 14.7. The van der Waals surface area contributed by atoms with E-state index in [1.165, 1.54) is 11.0 Å². The number of nitrogens with zero attached hydrogens (tertiary/aromatic N) is 4. The normalized spacial score (nSPS) is 15.1. The molecule has 0 fully saturated rings. The monoisotopic (exact) mass is 737 g/mol. The fraction of sp³-hybridized carbons (Fsp3) is 0.250. The maximum Gasteiger partial charge on any atom is 0.417 e. The molecule has 0 unspecified atom stereocenters. The lowest BCUT2D eigenvalue weighted by atomic mass is 10.1. The molecule has 0 aliphatic carbocycles. The number of amides is 1. The molecule has 49 heavy (non-hydrogen) atoms. The number of aryl methyl sites for hydroxylation is 1. The van der Waals surface area contributed by atoms with Crippen molar-refractivity contribution < 1.29 is 43.9 Å². The van der Waals surface area contributed by atoms with Gasteiger partial charge in [-0.3, -0.25) is 4.79 Å². The summed E-state index contributed by atoms with van der Waals surface area (Å²) in [6.07, 6.45) is 4.29. The topological polar surface area (TPSA) is 136 Å². The fourth-order valence-corrected chi connectivity index (χ4v) is 6.97. The van der Waals surface area contributed by atoms with E-state index in [0.717, 1.165) is 28.6 Å². The molecular formula is C32H31ClF3N5O6S2. The largest absolute Gasteiger partial charge is 0.748 e. The van der Waals surface area contributed by atoms with Gasteiger partial charge in [0.2, 0.25) is 10.0 Å². The van der Waals surface area contributed by atoms with E-state index in [1.54, 1.807) is 53.9 Å². The third kappa shape index (κ3) is 8.09. The predicted octanol–water partition coefficient (Wildman–Crippen LogP) is 4.67. The van der Waals surface area contributed by atoms with Crippen molar-refractivity contribution in [1.29, 1.82) is 0 Å². The molecule has 3 aromatic carbocycles. The van der Waals surface area contributed by atoms with Gasteiger partial charge in [0.25, 0.3) is 11.7 Å². The maximum absolute atomic E-state index is 13.7. The number of halogens is 4. The highest BCUT2D eigenvalue weighted by Gasteiger charge is 2.38. The molecule has 1 aromatic heterocycles. The summed E-state index contributed by atoms with van der Waals surface area (Å²) in [5.41, 5.74) is 0.926. The van der Waals surface area contributed by atoms with Crippen molar-refractivity contribution >= 4 is 76.9 Å². The average molecular weight is 738 g/mol. The molecule has 11 nitrogen and oxygen atoms in total. The van der Waals surface area contributed by atoms with Crippen LogP contribution in [0.25, 0.3) is 27.9 Å². The Morgan fingerprint density at radius 1 is 1.02 bits per heavy atom. The Bertz CT molecular complexity index is 2280. The first-order chi connectivity index (χ1) is 22.8. The Kier molecular flexibility index (Phi) is 9.89. The maximum atomic E-state index is 13.7. The highest BCUT2D eigenvalue weighted by Crippen LogP contribution is 2.47. The standard InChI is InChI=1S/C32H31ClF3N5O6S2/c1-38-25-16-21-10-7-8-11-22(21)17-27(25)41(20-29(42)37-48(3,43)44)31(38)13-6-4-5-12-30-39(2)26-19-24(33)23(32(34,35)36)18-28(26)40(30)14-9-15-49(45,46)47/h4-8,10-13,16-19H,9,14-15,20H2,1-3H3,(H-,37,42,45,46,47). The van der Waals surface area contributed by atoms with Crippen molar-refractivity contribution in [3.05, 3.63) is 95.1 Å². The smallest absolute Gasteiger partial charge is 0.417 e. The van der Waals surface area contributed by atoms with Crippen LogP contribution < -0.4 is 19.1 Å². The second kappa shape index (κ2) is 13.5. The number of alkyl halides is 3. The molecule has 0 spiro atoms. The Hall–Kier alpha value is -4.38. The van der Waals surface area contributed by atoms with Crippen molar-refractivity contribution in [2.45, 2.75) is 19.1 Å². The number of rotatable bonds is 10. The van der Waals surface area contributed by atoms with Crippen LogP contribution in [-0.2, 0) is 44.7 Å². The first kappa shape index (κ1) is 35.9. The number of benzene rings is 3. The molecule has 4 aromatic rings. The molecule has 1 amide bonds. The molecule has 0 radical (unpaired) electrons. The Labute approximate surface area is 286 Å². The van der Waals surface area contributed by atoms with Gasteiger partial charge < -0.3 is 14.4 Å². The summed E-state index contributed by atoms with van der Waals surface area (Å²) in [7, 11) is -4.93. The number of anilines is 2. The van der Waals surface area contributed by atoms with Crippen LogP contribution in [0.5, 0.6) is 0 Å². The van der Waals surface area contributed by atoms with E-state index in [2.05, 4.69) is 0 Å². The zero-order valence-electron chi connectivity index (χ0n) is 26.4. The molecule has 1 N–H and O–H groups in total. The van der Waals surface area contributed by atoms with Gasteiger partial charge in [-0.25, -0.2) is 30.7 Å². The highest BCUT2D eigenvalue weighted by atomic mass is 35.5. The summed E-state index contributed by atoms with van der Waals surface area (Å²) in [5, 5.41) is 1.39. The van der Waals surface area contributed by atoms with Crippen LogP contribution in [0.3, 0.4) is 0 Å². The number of nitrogens with one attached hydrogen (secondary N) is 1. The number of carbonyl (C=O) groups excluding carboxylic acids is 1. The summed E-state index contributed by atoms with van der Waals surface area (Å²) in [5.74, 6) is -0.462. The summed E-state index contributed by atoms with van der Waals surface area (Å²) < 4.78 is 104. The minimum atomic E-state index is -4.73. The van der Waals surface area contributed by atoms with E-state index >= 15 is 0 Å². The number of imidazole rings is 1. The lowest BCUT2D eigenvalue weighted by molar-refractivity contribution is -0.647. The molecule has 5 rings (SSSR count). The number of allylic oxidation sites excluding steroid dienone is 4. The molecule has 1 aliphatic heterocycles. The molecule has 1 aliphatic rings. The van der Waals surface area contributed by atoms with Crippen LogP contribution in [0.15, 0.2) is 78.7 Å². The van der Waals surface area contributed by atoms with Crippen LogP contribution >= 0.6 is 11.6 Å². The van der Waals surface area contributed by atoms with Gasteiger partial charge >= 0.3 is 6.18 Å². The van der Waals surface area contributed by atoms with Gasteiger partial charge in [-0.1, -0.05) is 54.1 Å². The van der Waals surface area contributed by atoms with E-state index in [1.807, 2.05) is 45.7 Å². The van der Waals surface area contributed by atoms with Gasteiger partial charge in [-0.05, 0) is 47.5 Å². The molecule has 0 atom stereocenters. The van der Waals surface area contributed by atoms with E-state index < -0.39 is 48.6 Å². The van der Waals surface area contributed by atoms with Gasteiger partial charge in [0.05, 0.1) is 45.4 Å². The molecular weight excluding hydrogens is 707 g/mol. The second-order valence-electron chi connectivity index (χ2n) is 11.4. The van der Waals surface area contributed by atoms with Gasteiger partial charge in [-0.15, -0.1) is 0 Å². The number of aromatic nitrogens is 2. The van der Waals surface area contributed by atoms with E-state index in [9.17, 15) is 39.4 Å². The van der Waals surface area contributed by atoms with Crippen LogP contribution in [0, 0.1) is 0 Å². The van der Waals surface area contributed by atoms with Crippen molar-refractivity contribution in [3.63, 3.8) is 0 Å². The quantitative estimate of drug-likeness (QED) is 0.141. The number of fused-ring (bicyclic) bond motifs is 3. The van der Waals surface area contributed by atoms with Crippen LogP contribution in [0.4, 0.5) is 24.5 Å². The van der Waals surface area contributed by atoms with Crippen LogP contribution in [-0.4, -0.2) is 57.5 Å². The SMILES string of the molecule is CN1\C(=C/C=C/C=C/c2n(CC(=O)NS(C)(=O)=O)c3cc4ccccc4cc3[n+]2C)N(CCCS(=O)(=O)[O-])c2cc(C(F)(F)F)c(Cl)cc21. The van der Waals surface area contributed by atoms with Crippen molar-refractivity contribution in [2.24, 2.45) is 7.05 Å². The summed E-state index contributed by atoms with van der Waals surface area (Å²) in [6, 6.07) is 13.6. The molecule has 2 heterocycles. The van der Waals surface area contributed by atoms with Gasteiger partial charge in [-0.2, -0.15) is 13.2 Å². The molecule has 17 heteroatoms. The van der Waals surface area contributed by atoms with Crippen molar-refractivity contribution in [3.8, 4) is 0 Å². The highest BCUT2D eigenvalue weighted by molar-refractivity contribution is 7.89. The zero-order chi connectivity index (χ0) is 35.9. The number of carbonyl (C=O) groups is 1. The summed E-state index contributed by atoms with van der Waals surface area (Å²) in [6.45, 7) is -0.358. The van der Waals surface area contributed by atoms with E-state index in [0.29, 0.717) is 22.8 Å². The minimum Gasteiger partial charge on any atom is -0.748 e. The Morgan fingerprint density at radius 2 is 1.69 bits per heavy atom. The van der Waals surface area contributed by atoms with E-state index in [4.69, 9.17) is 11.6 Å². The molecule has 0 saturated carbocycles. The van der Waals surface area contributed by atoms with Gasteiger partial charge in [0.15, 0.2) is 17.6 Å². The van der Waals surface area contributed by atoms with Crippen molar-refractivity contribution in [1.82, 2.24) is 9.29 Å². The number of hydrogen-bond donors (Lipinski definition) is 1. The zero-order valence-corrected chi connectivity index (χ0v) is 28.8. The fourth-order valence-electron chi connectivity index (χ4n) is 5.74. The Morgan fingerprint density at radius 3 is 2.33 bits per heavy atom. The van der Waals surface area contributed by atoms with Crippen LogP contribution in [0.2, 0.25) is 5.02 Å². The first-order valence-corrected chi connectivity index (χ1v) is 18.5. The third-order valence-electron chi connectivity index (χ3n) is 7.85. The summed E-state index contributed by atoms with van der Waals surface area (Å²) in [4.78, 5) is 15.8. The van der Waals surface area contributed by atoms with E-state index in [-0.39, 0.29) is 25.2 Å². The third-order valence-corrected chi connectivity index (χ3v) is 9.55. The lowest BCUT2D eigenvalue weighted by Crippen LogP contribution is -2.35. The number of sulfonamides is 1. The predicted molar refractivity (Wildman–Crippen MR) is 181 cm³/mol. The molecule has 0 saturated heterocycles. The second-order valence-corrected chi connectivity index (χ2v) is 15.1. The minimum absolute atomic E-state index is 0.0624. The van der Waals surface area contributed by atoms with Gasteiger partial charge in [0.1, 0.15) is 5.82 Å². The molecule has 0 bridgehead atoms.